The van der Waals surface area contributed by atoms with Crippen LogP contribution in [0.4, 0.5) is 11.4 Å². The second-order valence-electron chi connectivity index (χ2n) is 9.17. The highest BCUT2D eigenvalue weighted by atomic mass is 14.6. The van der Waals surface area contributed by atoms with E-state index in [1.54, 1.807) is 0 Å². The van der Waals surface area contributed by atoms with E-state index in [1.165, 1.54) is 43.8 Å². The summed E-state index contributed by atoms with van der Waals surface area (Å²) in [6.07, 6.45) is 2.04. The Hall–Kier alpha value is -4.04. The highest BCUT2D eigenvalue weighted by Crippen LogP contribution is 2.49. The Morgan fingerprint density at radius 3 is 1.65 bits per heavy atom. The fraction of sp³-hybridized carbons (Fsp3) is 0.125. The molecule has 6 aromatic rings. The smallest absolute Gasteiger partial charge is 0.0480 e. The molecule has 0 aliphatic heterocycles. The van der Waals surface area contributed by atoms with Gasteiger partial charge in [0.05, 0.1) is 0 Å². The molecule has 0 bridgehead atoms. The molecule has 0 aromatic heterocycles. The predicted molar refractivity (Wildman–Crippen MR) is 149 cm³/mol. The van der Waals surface area contributed by atoms with E-state index in [1.807, 2.05) is 6.07 Å². The molecule has 0 saturated carbocycles. The van der Waals surface area contributed by atoms with Gasteiger partial charge in [0, 0.05) is 33.1 Å². The van der Waals surface area contributed by atoms with Crippen LogP contribution < -0.4 is 11.5 Å². The van der Waals surface area contributed by atoms with Crippen molar-refractivity contribution in [2.45, 2.75) is 26.7 Å². The molecule has 0 saturated heterocycles. The Morgan fingerprint density at radius 1 is 0.500 bits per heavy atom. The lowest BCUT2D eigenvalue weighted by molar-refractivity contribution is 1.14. The molecule has 0 amide bonds. The van der Waals surface area contributed by atoms with Gasteiger partial charge in [-0.05, 0) is 62.9 Å². The average molecular weight is 441 g/mol. The van der Waals surface area contributed by atoms with Gasteiger partial charge in [0.2, 0.25) is 0 Å². The molecule has 0 fully saturated rings. The van der Waals surface area contributed by atoms with Crippen LogP contribution in [-0.2, 0) is 12.8 Å². The zero-order chi connectivity index (χ0) is 23.4. The summed E-state index contributed by atoms with van der Waals surface area (Å²) in [6, 6.07) is 30.6. The summed E-state index contributed by atoms with van der Waals surface area (Å²) in [7, 11) is 0. The normalized spacial score (nSPS) is 11.7. The molecule has 166 valence electrons. The van der Waals surface area contributed by atoms with Crippen molar-refractivity contribution in [3.05, 3.63) is 96.1 Å². The Labute approximate surface area is 200 Å². The van der Waals surface area contributed by atoms with Crippen LogP contribution in [0.25, 0.3) is 54.6 Å². The predicted octanol–water partition coefficient (Wildman–Crippen LogP) is 8.21. The molecule has 0 atom stereocenters. The fourth-order valence-electron chi connectivity index (χ4n) is 5.42. The van der Waals surface area contributed by atoms with Crippen molar-refractivity contribution in [1.29, 1.82) is 0 Å². The van der Waals surface area contributed by atoms with Gasteiger partial charge >= 0.3 is 0 Å². The Kier molecular flexibility index (Phi) is 4.70. The van der Waals surface area contributed by atoms with E-state index >= 15 is 0 Å². The number of benzene rings is 6. The standard InChI is InChI=1S/C32H28N2/c1-3-19-5-9-21(10-6-19)29-25-17-16-24-27(33)18-14-22-13-15-26(31(25)28(22)24)32(34)30(29)23-11-7-20(4-2)8-12-23/h5-18H,3-4,33-34H2,1-2H3. The van der Waals surface area contributed by atoms with E-state index in [4.69, 9.17) is 11.5 Å². The minimum atomic E-state index is 0.800. The average Bonchev–Trinajstić information content (AvgIpc) is 2.89. The van der Waals surface area contributed by atoms with Gasteiger partial charge in [-0.3, -0.25) is 0 Å². The number of hydrogen-bond donors (Lipinski definition) is 2. The van der Waals surface area contributed by atoms with E-state index < -0.39 is 0 Å². The zero-order valence-electron chi connectivity index (χ0n) is 19.7. The van der Waals surface area contributed by atoms with Crippen molar-refractivity contribution >= 4 is 43.7 Å². The third kappa shape index (κ3) is 2.95. The van der Waals surface area contributed by atoms with Crippen LogP contribution in [0.2, 0.25) is 0 Å². The van der Waals surface area contributed by atoms with Crippen molar-refractivity contribution in [3.63, 3.8) is 0 Å². The SMILES string of the molecule is CCc1ccc(-c2c(N)c3ccc4ccc(N)c5ccc(c2-c2ccc(CC)cc2)c3c45)cc1. The number of nitrogen functional groups attached to an aromatic ring is 2. The monoisotopic (exact) mass is 440 g/mol. The van der Waals surface area contributed by atoms with Crippen LogP contribution in [0.5, 0.6) is 0 Å². The van der Waals surface area contributed by atoms with Crippen molar-refractivity contribution in [2.24, 2.45) is 0 Å². The van der Waals surface area contributed by atoms with Gasteiger partial charge < -0.3 is 11.5 Å². The van der Waals surface area contributed by atoms with Crippen molar-refractivity contribution in [2.75, 3.05) is 11.5 Å². The summed E-state index contributed by atoms with van der Waals surface area (Å²) in [5, 5.41) is 6.97. The molecule has 2 heteroatoms. The molecule has 6 rings (SSSR count). The molecule has 0 aliphatic carbocycles. The molecule has 2 nitrogen and oxygen atoms in total. The Bertz CT molecular complexity index is 1660. The molecule has 0 unspecified atom stereocenters. The van der Waals surface area contributed by atoms with Crippen LogP contribution >= 0.6 is 0 Å². The minimum Gasteiger partial charge on any atom is -0.398 e. The van der Waals surface area contributed by atoms with Gasteiger partial charge in [0.15, 0.2) is 0 Å². The van der Waals surface area contributed by atoms with E-state index in [-0.39, 0.29) is 0 Å². The lowest BCUT2D eigenvalue weighted by atomic mass is 9.83. The molecular weight excluding hydrogens is 412 g/mol. The summed E-state index contributed by atoms with van der Waals surface area (Å²) < 4.78 is 0. The highest BCUT2D eigenvalue weighted by Gasteiger charge is 2.21. The van der Waals surface area contributed by atoms with Gasteiger partial charge in [0.25, 0.3) is 0 Å². The zero-order valence-corrected chi connectivity index (χ0v) is 19.7. The maximum absolute atomic E-state index is 7.03. The second-order valence-corrected chi connectivity index (χ2v) is 9.17. The van der Waals surface area contributed by atoms with Gasteiger partial charge in [-0.15, -0.1) is 0 Å². The maximum atomic E-state index is 7.03. The summed E-state index contributed by atoms with van der Waals surface area (Å²) in [5.41, 5.74) is 22.3. The third-order valence-electron chi connectivity index (χ3n) is 7.33. The summed E-state index contributed by atoms with van der Waals surface area (Å²) in [5.74, 6) is 0. The summed E-state index contributed by atoms with van der Waals surface area (Å²) >= 11 is 0. The van der Waals surface area contributed by atoms with Crippen molar-refractivity contribution in [1.82, 2.24) is 0 Å². The van der Waals surface area contributed by atoms with Gasteiger partial charge in [-0.2, -0.15) is 0 Å². The van der Waals surface area contributed by atoms with E-state index in [0.717, 1.165) is 46.1 Å². The molecule has 34 heavy (non-hydrogen) atoms. The second kappa shape index (κ2) is 7.78. The number of nitrogens with two attached hydrogens (primary N) is 2. The Morgan fingerprint density at radius 2 is 1.03 bits per heavy atom. The molecular formula is C32H28N2. The molecule has 6 aromatic carbocycles. The summed E-state index contributed by atoms with van der Waals surface area (Å²) in [6.45, 7) is 4.37. The third-order valence-corrected chi connectivity index (χ3v) is 7.33. The number of rotatable bonds is 4. The summed E-state index contributed by atoms with van der Waals surface area (Å²) in [4.78, 5) is 0. The lowest BCUT2D eigenvalue weighted by Crippen LogP contribution is -1.99. The molecule has 0 aliphatic rings. The first-order valence-corrected chi connectivity index (χ1v) is 12.1. The molecule has 0 heterocycles. The topological polar surface area (TPSA) is 52.0 Å². The molecule has 0 radical (unpaired) electrons. The fourth-order valence-corrected chi connectivity index (χ4v) is 5.42. The first-order chi connectivity index (χ1) is 16.6. The number of hydrogen-bond acceptors (Lipinski definition) is 2. The minimum absolute atomic E-state index is 0.800. The maximum Gasteiger partial charge on any atom is 0.0480 e. The largest absolute Gasteiger partial charge is 0.398 e. The lowest BCUT2D eigenvalue weighted by Gasteiger charge is -2.22. The van der Waals surface area contributed by atoms with Gasteiger partial charge in [0.1, 0.15) is 0 Å². The van der Waals surface area contributed by atoms with Crippen LogP contribution in [0.1, 0.15) is 25.0 Å². The molecule has 4 N–H and O–H groups in total. The van der Waals surface area contributed by atoms with E-state index in [0.29, 0.717) is 0 Å². The van der Waals surface area contributed by atoms with Crippen molar-refractivity contribution < 1.29 is 0 Å². The first-order valence-electron chi connectivity index (χ1n) is 12.1. The van der Waals surface area contributed by atoms with Gasteiger partial charge in [-0.1, -0.05) is 92.7 Å². The van der Waals surface area contributed by atoms with Crippen LogP contribution in [0.15, 0.2) is 84.9 Å². The van der Waals surface area contributed by atoms with Gasteiger partial charge in [-0.25, -0.2) is 0 Å². The number of anilines is 2. The van der Waals surface area contributed by atoms with E-state index in [2.05, 4.69) is 92.7 Å². The highest BCUT2D eigenvalue weighted by molar-refractivity contribution is 6.31. The van der Waals surface area contributed by atoms with Crippen LogP contribution in [0.3, 0.4) is 0 Å². The quantitative estimate of drug-likeness (QED) is 0.214. The van der Waals surface area contributed by atoms with Crippen LogP contribution in [-0.4, -0.2) is 0 Å². The van der Waals surface area contributed by atoms with Crippen LogP contribution in [0, 0.1) is 0 Å². The van der Waals surface area contributed by atoms with Crippen molar-refractivity contribution in [3.8, 4) is 22.3 Å². The molecule has 0 spiro atoms. The van der Waals surface area contributed by atoms with E-state index in [9.17, 15) is 0 Å². The Balaban J connectivity index is 1.80. The first kappa shape index (κ1) is 20.6. The number of aryl methyl sites for hydroxylation is 2.